The highest BCUT2D eigenvalue weighted by Gasteiger charge is 2.21. The number of fused-ring (bicyclic) bond motifs is 1. The Morgan fingerprint density at radius 3 is 2.41 bits per heavy atom. The lowest BCUT2D eigenvalue weighted by molar-refractivity contribution is -0.116. The van der Waals surface area contributed by atoms with Crippen molar-refractivity contribution in [3.8, 4) is 23.0 Å². The number of ether oxygens (including phenoxy) is 2. The van der Waals surface area contributed by atoms with Gasteiger partial charge in [-0.05, 0) is 31.2 Å². The summed E-state index contributed by atoms with van der Waals surface area (Å²) in [6.07, 6.45) is -0.104. The third kappa shape index (κ3) is 4.13. The molecule has 1 N–H and O–H groups in total. The zero-order valence-electron chi connectivity index (χ0n) is 16.4. The highest BCUT2D eigenvalue weighted by molar-refractivity contribution is 6.04. The first-order valence-corrected chi connectivity index (χ1v) is 9.02. The van der Waals surface area contributed by atoms with Crippen LogP contribution in [0, 0.1) is 0 Å². The fourth-order valence-corrected chi connectivity index (χ4v) is 3.03. The normalized spacial score (nSPS) is 10.7. The molecule has 3 rings (SSSR count). The van der Waals surface area contributed by atoms with Crippen molar-refractivity contribution in [1.29, 1.82) is 0 Å². The number of hydrogen-bond acceptors (Lipinski definition) is 6. The van der Waals surface area contributed by atoms with Gasteiger partial charge < -0.3 is 23.9 Å². The molecule has 7 heteroatoms. The van der Waals surface area contributed by atoms with Crippen LogP contribution in [-0.4, -0.2) is 28.3 Å². The molecular formula is C22H21NO6. The van der Waals surface area contributed by atoms with Gasteiger partial charge in [-0.25, -0.2) is 0 Å². The maximum Gasteiger partial charge on any atom is 0.265 e. The van der Waals surface area contributed by atoms with Gasteiger partial charge in [0.1, 0.15) is 34.3 Å². The molecule has 0 radical (unpaired) electrons. The molecule has 0 atom stereocenters. The van der Waals surface area contributed by atoms with Crippen molar-refractivity contribution >= 4 is 22.5 Å². The predicted octanol–water partition coefficient (Wildman–Crippen LogP) is 3.60. The van der Waals surface area contributed by atoms with E-state index < -0.39 is 11.3 Å². The molecule has 150 valence electrons. The summed E-state index contributed by atoms with van der Waals surface area (Å²) >= 11 is 0. The van der Waals surface area contributed by atoms with Gasteiger partial charge in [-0.2, -0.15) is 0 Å². The van der Waals surface area contributed by atoms with Gasteiger partial charge in [0.15, 0.2) is 5.78 Å². The molecule has 2 aromatic carbocycles. The number of pyridine rings is 1. The van der Waals surface area contributed by atoms with Crippen molar-refractivity contribution in [1.82, 2.24) is 4.57 Å². The van der Waals surface area contributed by atoms with E-state index in [1.54, 1.807) is 49.6 Å². The minimum Gasteiger partial charge on any atom is -0.506 e. The highest BCUT2D eigenvalue weighted by Crippen LogP contribution is 2.32. The number of methoxy groups -OCH3 is 1. The minimum absolute atomic E-state index is 0.0206. The zero-order chi connectivity index (χ0) is 21.1. The van der Waals surface area contributed by atoms with E-state index in [2.05, 4.69) is 0 Å². The number of aromatic nitrogens is 1. The van der Waals surface area contributed by atoms with Crippen LogP contribution in [0.15, 0.2) is 47.3 Å². The van der Waals surface area contributed by atoms with Gasteiger partial charge in [-0.15, -0.1) is 0 Å². The Balaban J connectivity index is 2.02. The lowest BCUT2D eigenvalue weighted by Gasteiger charge is -2.13. The smallest absolute Gasteiger partial charge is 0.265 e. The van der Waals surface area contributed by atoms with E-state index in [9.17, 15) is 19.5 Å². The van der Waals surface area contributed by atoms with Crippen LogP contribution in [0.25, 0.3) is 10.9 Å². The first kappa shape index (κ1) is 20.1. The standard InChI is InChI=1S/C22H21NO6/c1-13(24)7-10-19(25)20-21(26)17-9-8-16(12-18(17)23(2)22(20)27)29-15-6-4-5-14(11-15)28-3/h4-6,8-9,11-12,26H,7,10H2,1-3H3. The number of Topliss-reactive ketones (excluding diaryl/α,β-unsaturated/α-hetero) is 2. The molecule has 0 aliphatic carbocycles. The number of hydrogen-bond donors (Lipinski definition) is 1. The molecule has 0 saturated heterocycles. The molecule has 7 nitrogen and oxygen atoms in total. The van der Waals surface area contributed by atoms with E-state index in [-0.39, 0.29) is 29.9 Å². The predicted molar refractivity (Wildman–Crippen MR) is 108 cm³/mol. The SMILES string of the molecule is COc1cccc(Oc2ccc3c(O)c(C(=O)CCC(C)=O)c(=O)n(C)c3c2)c1. The summed E-state index contributed by atoms with van der Waals surface area (Å²) in [5, 5.41) is 10.9. The number of carbonyl (C=O) groups is 2. The monoisotopic (exact) mass is 395 g/mol. The zero-order valence-corrected chi connectivity index (χ0v) is 16.4. The third-order valence-electron chi connectivity index (χ3n) is 4.60. The molecule has 0 saturated carbocycles. The largest absolute Gasteiger partial charge is 0.506 e. The fourth-order valence-electron chi connectivity index (χ4n) is 3.03. The lowest BCUT2D eigenvalue weighted by Crippen LogP contribution is -2.25. The second-order valence-electron chi connectivity index (χ2n) is 6.67. The molecule has 0 unspecified atom stereocenters. The Morgan fingerprint density at radius 2 is 1.72 bits per heavy atom. The van der Waals surface area contributed by atoms with E-state index in [4.69, 9.17) is 9.47 Å². The first-order valence-electron chi connectivity index (χ1n) is 9.02. The van der Waals surface area contributed by atoms with Crippen molar-refractivity contribution < 1.29 is 24.2 Å². The number of carbonyl (C=O) groups excluding carboxylic acids is 2. The summed E-state index contributed by atoms with van der Waals surface area (Å²) in [5.41, 5.74) is -0.513. The average Bonchev–Trinajstić information content (AvgIpc) is 2.70. The molecule has 3 aromatic rings. The second kappa shape index (κ2) is 8.18. The molecule has 29 heavy (non-hydrogen) atoms. The fraction of sp³-hybridized carbons (Fsp3) is 0.227. The van der Waals surface area contributed by atoms with Crippen LogP contribution >= 0.6 is 0 Å². The van der Waals surface area contributed by atoms with Gasteiger partial charge in [-0.3, -0.25) is 9.59 Å². The van der Waals surface area contributed by atoms with Crippen molar-refractivity contribution in [2.45, 2.75) is 19.8 Å². The first-order chi connectivity index (χ1) is 13.8. The Kier molecular flexibility index (Phi) is 5.68. The summed E-state index contributed by atoms with van der Waals surface area (Å²) in [6.45, 7) is 1.37. The van der Waals surface area contributed by atoms with Gasteiger partial charge in [0, 0.05) is 37.4 Å². The molecule has 0 bridgehead atoms. The van der Waals surface area contributed by atoms with Crippen LogP contribution < -0.4 is 15.0 Å². The van der Waals surface area contributed by atoms with Gasteiger partial charge in [0.05, 0.1) is 12.6 Å². The third-order valence-corrected chi connectivity index (χ3v) is 4.60. The Bertz CT molecular complexity index is 1160. The number of aromatic hydroxyl groups is 1. The van der Waals surface area contributed by atoms with Gasteiger partial charge in [0.25, 0.3) is 5.56 Å². The van der Waals surface area contributed by atoms with E-state index in [0.717, 1.165) is 0 Å². The number of aryl methyl sites for hydroxylation is 1. The lowest BCUT2D eigenvalue weighted by atomic mass is 10.0. The summed E-state index contributed by atoms with van der Waals surface area (Å²) in [5.74, 6) is 0.545. The summed E-state index contributed by atoms with van der Waals surface area (Å²) in [7, 11) is 3.07. The maximum atomic E-state index is 12.7. The molecule has 1 heterocycles. The van der Waals surface area contributed by atoms with Crippen LogP contribution in [-0.2, 0) is 11.8 Å². The number of ketones is 2. The Morgan fingerprint density at radius 1 is 1.03 bits per heavy atom. The summed E-state index contributed by atoms with van der Waals surface area (Å²) in [6, 6.07) is 11.9. The topological polar surface area (TPSA) is 94.8 Å². The van der Waals surface area contributed by atoms with Gasteiger partial charge >= 0.3 is 0 Å². The van der Waals surface area contributed by atoms with Crippen LogP contribution in [0.2, 0.25) is 0 Å². The molecule has 0 aliphatic rings. The van der Waals surface area contributed by atoms with E-state index in [0.29, 0.717) is 28.2 Å². The Hall–Kier alpha value is -3.61. The minimum atomic E-state index is -0.623. The van der Waals surface area contributed by atoms with E-state index >= 15 is 0 Å². The van der Waals surface area contributed by atoms with Crippen LogP contribution in [0.3, 0.4) is 0 Å². The van der Waals surface area contributed by atoms with Gasteiger partial charge in [-0.1, -0.05) is 6.07 Å². The number of rotatable bonds is 7. The van der Waals surface area contributed by atoms with Gasteiger partial charge in [0.2, 0.25) is 0 Å². The molecule has 0 amide bonds. The molecule has 0 spiro atoms. The second-order valence-corrected chi connectivity index (χ2v) is 6.67. The van der Waals surface area contributed by atoms with Crippen molar-refractivity contribution in [2.24, 2.45) is 7.05 Å². The molecule has 0 fully saturated rings. The van der Waals surface area contributed by atoms with Crippen molar-refractivity contribution in [3.05, 3.63) is 58.4 Å². The molecular weight excluding hydrogens is 374 g/mol. The quantitative estimate of drug-likeness (QED) is 0.614. The van der Waals surface area contributed by atoms with E-state index in [1.165, 1.54) is 18.5 Å². The Labute approximate surface area is 167 Å². The van der Waals surface area contributed by atoms with Crippen molar-refractivity contribution in [2.75, 3.05) is 7.11 Å². The molecule has 0 aliphatic heterocycles. The van der Waals surface area contributed by atoms with Crippen molar-refractivity contribution in [3.63, 3.8) is 0 Å². The number of nitrogens with zero attached hydrogens (tertiary/aromatic N) is 1. The average molecular weight is 395 g/mol. The number of benzene rings is 2. The van der Waals surface area contributed by atoms with Crippen LogP contribution in [0.4, 0.5) is 0 Å². The maximum absolute atomic E-state index is 12.7. The highest BCUT2D eigenvalue weighted by atomic mass is 16.5. The summed E-state index contributed by atoms with van der Waals surface area (Å²) < 4.78 is 12.3. The van der Waals surface area contributed by atoms with Crippen LogP contribution in [0.5, 0.6) is 23.0 Å². The molecule has 1 aromatic heterocycles. The summed E-state index contributed by atoms with van der Waals surface area (Å²) in [4.78, 5) is 36.2. The van der Waals surface area contributed by atoms with E-state index in [1.807, 2.05) is 0 Å². The van der Waals surface area contributed by atoms with Crippen LogP contribution in [0.1, 0.15) is 30.1 Å².